The summed E-state index contributed by atoms with van der Waals surface area (Å²) < 4.78 is 26.0. The van der Waals surface area contributed by atoms with Gasteiger partial charge < -0.3 is 30.5 Å². The summed E-state index contributed by atoms with van der Waals surface area (Å²) in [5, 5.41) is 18.2. The Morgan fingerprint density at radius 1 is 1.00 bits per heavy atom. The van der Waals surface area contributed by atoms with Gasteiger partial charge >= 0.3 is 6.03 Å². The molecule has 4 atom stereocenters. The van der Waals surface area contributed by atoms with Gasteiger partial charge in [0.25, 0.3) is 0 Å². The normalized spacial score (nSPS) is 21.5. The molecule has 5 rings (SSSR count). The average Bonchev–Trinajstić information content (AvgIpc) is 3.28. The summed E-state index contributed by atoms with van der Waals surface area (Å²) in [6, 6.07) is 20.6. The quantitative estimate of drug-likeness (QED) is 0.357. The number of anilines is 2. The highest BCUT2D eigenvalue weighted by molar-refractivity contribution is 6.00. The molecule has 0 bridgehead atoms. The maximum absolute atomic E-state index is 13.9. The molecule has 3 amide bonds. The van der Waals surface area contributed by atoms with Crippen molar-refractivity contribution in [1.82, 2.24) is 5.32 Å². The maximum atomic E-state index is 13.9. The fourth-order valence-corrected chi connectivity index (χ4v) is 5.08. The molecule has 4 N–H and O–H groups in total. The van der Waals surface area contributed by atoms with Gasteiger partial charge in [0, 0.05) is 23.7 Å². The van der Waals surface area contributed by atoms with Crippen LogP contribution in [0.5, 0.6) is 5.75 Å². The number of halogens is 1. The van der Waals surface area contributed by atoms with E-state index in [1.165, 1.54) is 12.1 Å². The lowest BCUT2D eigenvalue weighted by atomic mass is 9.84. The van der Waals surface area contributed by atoms with E-state index in [0.29, 0.717) is 24.4 Å². The number of carbonyl (C=O) groups excluding carboxylic acids is 2. The minimum absolute atomic E-state index is 0.0784. The zero-order valence-corrected chi connectivity index (χ0v) is 20.7. The SMILES string of the molecule is O=C(C[C@@H]1C[C@@H]2c3cc(NC(=O)Nc4ccccc4F)ccc3O[C@@H]2[C@H](CO)O1)NCCc1ccccc1. The van der Waals surface area contributed by atoms with Crippen molar-refractivity contribution in [2.75, 3.05) is 23.8 Å². The minimum Gasteiger partial charge on any atom is -0.487 e. The highest BCUT2D eigenvalue weighted by Crippen LogP contribution is 2.47. The number of aliphatic hydroxyl groups excluding tert-OH is 1. The molecule has 9 heteroatoms. The largest absolute Gasteiger partial charge is 0.487 e. The van der Waals surface area contributed by atoms with Crippen LogP contribution < -0.4 is 20.7 Å². The number of hydrogen-bond acceptors (Lipinski definition) is 5. The Morgan fingerprint density at radius 2 is 1.79 bits per heavy atom. The van der Waals surface area contributed by atoms with Gasteiger partial charge in [-0.05, 0) is 48.7 Å². The van der Waals surface area contributed by atoms with Gasteiger partial charge in [-0.3, -0.25) is 4.79 Å². The van der Waals surface area contributed by atoms with Crippen molar-refractivity contribution in [3.05, 3.63) is 89.7 Å². The Labute approximate surface area is 220 Å². The second-order valence-corrected chi connectivity index (χ2v) is 9.51. The number of para-hydroxylation sites is 1. The van der Waals surface area contributed by atoms with E-state index in [9.17, 15) is 19.1 Å². The number of hydrogen-bond donors (Lipinski definition) is 4. The number of fused-ring (bicyclic) bond motifs is 3. The van der Waals surface area contributed by atoms with Crippen molar-refractivity contribution in [2.45, 2.75) is 43.5 Å². The number of rotatable bonds is 8. The molecule has 0 unspecified atom stereocenters. The van der Waals surface area contributed by atoms with Gasteiger partial charge in [0.1, 0.15) is 23.8 Å². The van der Waals surface area contributed by atoms with E-state index in [-0.39, 0.29) is 36.6 Å². The topological polar surface area (TPSA) is 109 Å². The smallest absolute Gasteiger partial charge is 0.323 e. The van der Waals surface area contributed by atoms with Crippen LogP contribution in [0.15, 0.2) is 72.8 Å². The zero-order valence-electron chi connectivity index (χ0n) is 20.7. The number of amides is 3. The number of nitrogens with one attached hydrogen (secondary N) is 3. The molecule has 0 aliphatic carbocycles. The molecule has 2 heterocycles. The first-order valence-corrected chi connectivity index (χ1v) is 12.7. The van der Waals surface area contributed by atoms with Gasteiger partial charge in [0.05, 0.1) is 24.8 Å². The summed E-state index contributed by atoms with van der Waals surface area (Å²) in [6.45, 7) is 0.290. The standard InChI is InChI=1S/C29H30FN3O5/c30-23-8-4-5-9-24(23)33-29(36)32-19-10-11-25-21(14-19)22-15-20(37-26(17-34)28(22)38-25)16-27(35)31-13-12-18-6-2-1-3-7-18/h1-11,14,20,22,26,28,34H,12-13,15-17H2,(H,31,35)(H2,32,33,36)/t20-,22+,26-,28-/m0/s1. The fourth-order valence-electron chi connectivity index (χ4n) is 5.08. The van der Waals surface area contributed by atoms with Crippen LogP contribution in [0.1, 0.15) is 29.9 Å². The summed E-state index contributed by atoms with van der Waals surface area (Å²) in [7, 11) is 0. The van der Waals surface area contributed by atoms with Crippen LogP contribution in [-0.4, -0.2) is 48.5 Å². The zero-order chi connectivity index (χ0) is 26.5. The lowest BCUT2D eigenvalue weighted by molar-refractivity contribution is -0.142. The van der Waals surface area contributed by atoms with Crippen LogP contribution in [0.25, 0.3) is 0 Å². The van der Waals surface area contributed by atoms with E-state index in [1.807, 2.05) is 36.4 Å². The van der Waals surface area contributed by atoms with E-state index in [0.717, 1.165) is 17.5 Å². The van der Waals surface area contributed by atoms with Crippen LogP contribution in [0, 0.1) is 5.82 Å². The van der Waals surface area contributed by atoms with Crippen LogP contribution >= 0.6 is 0 Å². The molecule has 8 nitrogen and oxygen atoms in total. The lowest BCUT2D eigenvalue weighted by Gasteiger charge is -2.37. The second-order valence-electron chi connectivity index (χ2n) is 9.51. The van der Waals surface area contributed by atoms with Crippen molar-refractivity contribution in [3.8, 4) is 5.75 Å². The third-order valence-corrected chi connectivity index (χ3v) is 6.87. The van der Waals surface area contributed by atoms with Gasteiger partial charge in [-0.1, -0.05) is 42.5 Å². The molecular weight excluding hydrogens is 489 g/mol. The van der Waals surface area contributed by atoms with E-state index in [4.69, 9.17) is 9.47 Å². The summed E-state index contributed by atoms with van der Waals surface area (Å²) >= 11 is 0. The molecule has 2 aliphatic rings. The Balaban J connectivity index is 1.21. The predicted octanol–water partition coefficient (Wildman–Crippen LogP) is 4.21. The highest BCUT2D eigenvalue weighted by Gasteiger charge is 2.46. The Hall–Kier alpha value is -3.95. The predicted molar refractivity (Wildman–Crippen MR) is 141 cm³/mol. The highest BCUT2D eigenvalue weighted by atomic mass is 19.1. The summed E-state index contributed by atoms with van der Waals surface area (Å²) in [5.74, 6) is -0.106. The maximum Gasteiger partial charge on any atom is 0.323 e. The number of carbonyl (C=O) groups is 2. The Bertz CT molecular complexity index is 1290. The van der Waals surface area contributed by atoms with Gasteiger partial charge in [-0.15, -0.1) is 0 Å². The Morgan fingerprint density at radius 3 is 2.58 bits per heavy atom. The van der Waals surface area contributed by atoms with E-state index in [2.05, 4.69) is 16.0 Å². The molecule has 3 aromatic carbocycles. The lowest BCUT2D eigenvalue weighted by Crippen LogP contribution is -2.47. The molecule has 1 saturated heterocycles. The first-order chi connectivity index (χ1) is 18.5. The average molecular weight is 520 g/mol. The van der Waals surface area contributed by atoms with Crippen molar-refractivity contribution in [2.24, 2.45) is 0 Å². The van der Waals surface area contributed by atoms with Crippen molar-refractivity contribution < 1.29 is 28.6 Å². The van der Waals surface area contributed by atoms with Crippen LogP contribution in [-0.2, 0) is 16.0 Å². The van der Waals surface area contributed by atoms with Crippen molar-refractivity contribution >= 4 is 23.3 Å². The second kappa shape index (κ2) is 11.6. The van der Waals surface area contributed by atoms with Crippen LogP contribution in [0.2, 0.25) is 0 Å². The number of urea groups is 1. The first-order valence-electron chi connectivity index (χ1n) is 12.7. The van der Waals surface area contributed by atoms with Gasteiger partial charge in [0.2, 0.25) is 5.91 Å². The van der Waals surface area contributed by atoms with E-state index < -0.39 is 24.1 Å². The fraction of sp³-hybridized carbons (Fsp3) is 0.310. The summed E-state index contributed by atoms with van der Waals surface area (Å²) in [5.41, 5.74) is 2.62. The monoisotopic (exact) mass is 519 g/mol. The van der Waals surface area contributed by atoms with Gasteiger partial charge in [-0.25, -0.2) is 9.18 Å². The van der Waals surface area contributed by atoms with Crippen molar-refractivity contribution in [1.29, 1.82) is 0 Å². The van der Waals surface area contributed by atoms with Gasteiger partial charge in [-0.2, -0.15) is 0 Å². The Kier molecular flexibility index (Phi) is 7.86. The van der Waals surface area contributed by atoms with E-state index >= 15 is 0 Å². The van der Waals surface area contributed by atoms with Gasteiger partial charge in [0.15, 0.2) is 0 Å². The molecule has 0 saturated carbocycles. The van der Waals surface area contributed by atoms with Crippen LogP contribution in [0.4, 0.5) is 20.6 Å². The number of benzene rings is 3. The molecule has 0 aromatic heterocycles. The number of ether oxygens (including phenoxy) is 2. The first kappa shape index (κ1) is 25.7. The van der Waals surface area contributed by atoms with Crippen LogP contribution in [0.3, 0.4) is 0 Å². The minimum atomic E-state index is -0.580. The molecule has 0 radical (unpaired) electrons. The summed E-state index contributed by atoms with van der Waals surface area (Å²) in [4.78, 5) is 25.1. The number of aliphatic hydroxyl groups is 1. The molecule has 38 heavy (non-hydrogen) atoms. The molecular formula is C29H30FN3O5. The molecule has 1 fully saturated rings. The summed E-state index contributed by atoms with van der Waals surface area (Å²) in [6.07, 6.45) is 0.0844. The third kappa shape index (κ3) is 5.95. The molecule has 198 valence electrons. The van der Waals surface area contributed by atoms with Crippen molar-refractivity contribution in [3.63, 3.8) is 0 Å². The molecule has 2 aliphatic heterocycles. The molecule has 3 aromatic rings. The molecule has 0 spiro atoms. The third-order valence-electron chi connectivity index (χ3n) is 6.87. The van der Waals surface area contributed by atoms with E-state index in [1.54, 1.807) is 24.3 Å².